The van der Waals surface area contributed by atoms with E-state index >= 15 is 0 Å². The van der Waals surface area contributed by atoms with E-state index in [2.05, 4.69) is 117 Å². The summed E-state index contributed by atoms with van der Waals surface area (Å²) in [5.41, 5.74) is 6.18. The molecule has 0 saturated carbocycles. The number of hydrogen-bond acceptors (Lipinski definition) is 3. The Balaban J connectivity index is 2.10. The summed E-state index contributed by atoms with van der Waals surface area (Å²) in [6, 6.07) is 17.6. The first-order valence-electron chi connectivity index (χ1n) is 9.07. The van der Waals surface area contributed by atoms with Crippen LogP contribution in [0.3, 0.4) is 0 Å². The third-order valence-electron chi connectivity index (χ3n) is 4.62. The molecule has 27 heavy (non-hydrogen) atoms. The Labute approximate surface area is 167 Å². The molecule has 1 heterocycles. The predicted octanol–water partition coefficient (Wildman–Crippen LogP) is 4.55. The van der Waals surface area contributed by atoms with Crippen LogP contribution in [0.25, 0.3) is 5.57 Å². The fourth-order valence-corrected chi connectivity index (χ4v) is 4.02. The summed E-state index contributed by atoms with van der Waals surface area (Å²) in [5.74, 6) is 0. The molecule has 2 aromatic rings. The van der Waals surface area contributed by atoms with Gasteiger partial charge >= 0.3 is 0 Å². The van der Waals surface area contributed by atoms with Crippen LogP contribution < -0.4 is 9.80 Å². The molecule has 4 heteroatoms. The van der Waals surface area contributed by atoms with Crippen molar-refractivity contribution in [3.8, 4) is 0 Å². The molecule has 0 amide bonds. The molecular formula is C23H28N3S+. The zero-order valence-corrected chi connectivity index (χ0v) is 17.8. The Morgan fingerprint density at radius 2 is 1.15 bits per heavy atom. The lowest BCUT2D eigenvalue weighted by Gasteiger charge is -2.17. The van der Waals surface area contributed by atoms with Gasteiger partial charge in [0.25, 0.3) is 0 Å². The molecule has 140 valence electrons. The van der Waals surface area contributed by atoms with Crippen molar-refractivity contribution in [1.82, 2.24) is 0 Å². The third-order valence-corrected chi connectivity index (χ3v) is 5.89. The molecule has 1 aliphatic heterocycles. The molecular weight excluding hydrogens is 350 g/mol. The van der Waals surface area contributed by atoms with Gasteiger partial charge in [-0.25, -0.2) is 4.58 Å². The van der Waals surface area contributed by atoms with Crippen molar-refractivity contribution in [2.45, 2.75) is 0 Å². The molecule has 0 aromatic heterocycles. The summed E-state index contributed by atoms with van der Waals surface area (Å²) in [7, 11) is 12.5. The van der Waals surface area contributed by atoms with Gasteiger partial charge in [-0.05, 0) is 53.2 Å². The van der Waals surface area contributed by atoms with E-state index in [9.17, 15) is 0 Å². The molecule has 1 aliphatic rings. The van der Waals surface area contributed by atoms with Gasteiger partial charge in [-0.3, -0.25) is 0 Å². The monoisotopic (exact) mass is 378 g/mol. The molecule has 0 unspecified atom stereocenters. The first kappa shape index (κ1) is 19.3. The number of benzene rings is 2. The van der Waals surface area contributed by atoms with Gasteiger partial charge in [0, 0.05) is 56.1 Å². The van der Waals surface area contributed by atoms with Crippen LogP contribution in [0.2, 0.25) is 0 Å². The van der Waals surface area contributed by atoms with Crippen LogP contribution in [0, 0.1) is 0 Å². The molecule has 0 spiro atoms. The summed E-state index contributed by atoms with van der Waals surface area (Å²) in [6.07, 6.45) is 4.43. The largest absolute Gasteiger partial charge is 0.378 e. The number of anilines is 2. The van der Waals surface area contributed by atoms with E-state index in [1.807, 2.05) is 11.8 Å². The van der Waals surface area contributed by atoms with E-state index in [4.69, 9.17) is 0 Å². The molecule has 3 rings (SSSR count). The van der Waals surface area contributed by atoms with Gasteiger partial charge in [-0.2, -0.15) is 0 Å². The molecule has 0 atom stereocenters. The lowest BCUT2D eigenvalue weighted by Crippen LogP contribution is -2.08. The number of allylic oxidation sites excluding steroid dienone is 1. The minimum atomic E-state index is 1.21. The molecule has 0 N–H and O–H groups in total. The highest BCUT2D eigenvalue weighted by Crippen LogP contribution is 2.38. The zero-order valence-electron chi connectivity index (χ0n) is 17.0. The van der Waals surface area contributed by atoms with Gasteiger partial charge in [0.15, 0.2) is 0 Å². The van der Waals surface area contributed by atoms with Crippen molar-refractivity contribution < 1.29 is 4.58 Å². The molecule has 0 saturated heterocycles. The summed E-state index contributed by atoms with van der Waals surface area (Å²) in [5, 5.41) is 1.26. The first-order valence-corrected chi connectivity index (χ1v) is 9.88. The predicted molar refractivity (Wildman–Crippen MR) is 121 cm³/mol. The molecule has 0 aliphatic carbocycles. The standard InChI is InChI=1S/C23H28N3S/c1-24(2)19-11-7-17(8-12-19)23(21-15-16-22(27-21)26(5)6)18-9-13-20(14-10-18)25(3)4/h7-16H,1-6H3/q+1. The Hall–Kier alpha value is -2.46. The van der Waals surface area contributed by atoms with Crippen LogP contribution in [0.5, 0.6) is 0 Å². The minimum absolute atomic E-state index is 1.21. The van der Waals surface area contributed by atoms with Crippen molar-refractivity contribution in [2.24, 2.45) is 0 Å². The van der Waals surface area contributed by atoms with E-state index < -0.39 is 0 Å². The average Bonchev–Trinajstić information content (AvgIpc) is 3.13. The molecule has 0 bridgehead atoms. The lowest BCUT2D eigenvalue weighted by atomic mass is 9.96. The topological polar surface area (TPSA) is 9.49 Å². The molecule has 2 aromatic carbocycles. The third kappa shape index (κ3) is 4.28. The second kappa shape index (κ2) is 8.05. The van der Waals surface area contributed by atoms with Gasteiger partial charge in [-0.15, -0.1) is 0 Å². The highest BCUT2D eigenvalue weighted by Gasteiger charge is 2.20. The fraction of sp³-hybridized carbons (Fsp3) is 0.261. The van der Waals surface area contributed by atoms with Gasteiger partial charge in [-0.1, -0.05) is 24.3 Å². The fourth-order valence-electron chi connectivity index (χ4n) is 3.01. The zero-order chi connectivity index (χ0) is 19.6. The second-order valence-electron chi connectivity index (χ2n) is 7.29. The van der Waals surface area contributed by atoms with E-state index in [-0.39, 0.29) is 0 Å². The van der Waals surface area contributed by atoms with E-state index in [0.29, 0.717) is 0 Å². The molecule has 0 radical (unpaired) electrons. The Morgan fingerprint density at radius 3 is 1.48 bits per heavy atom. The van der Waals surface area contributed by atoms with E-state index in [1.165, 1.54) is 38.0 Å². The van der Waals surface area contributed by atoms with Gasteiger partial charge in [0.05, 0.1) is 0 Å². The van der Waals surface area contributed by atoms with Gasteiger partial charge < -0.3 is 9.80 Å². The van der Waals surface area contributed by atoms with Crippen molar-refractivity contribution in [2.75, 3.05) is 52.1 Å². The van der Waals surface area contributed by atoms with Crippen molar-refractivity contribution in [3.05, 3.63) is 76.7 Å². The van der Waals surface area contributed by atoms with Crippen LogP contribution >= 0.6 is 11.8 Å². The van der Waals surface area contributed by atoms with E-state index in [1.54, 1.807) is 0 Å². The number of hydrogen-bond donors (Lipinski definition) is 0. The summed E-state index contributed by atoms with van der Waals surface area (Å²) in [4.78, 5) is 5.55. The maximum absolute atomic E-state index is 2.23. The van der Waals surface area contributed by atoms with Crippen molar-refractivity contribution in [1.29, 1.82) is 0 Å². The molecule has 0 fully saturated rings. The van der Waals surface area contributed by atoms with Crippen LogP contribution in [-0.2, 0) is 0 Å². The summed E-state index contributed by atoms with van der Waals surface area (Å²) < 4.78 is 2.16. The lowest BCUT2D eigenvalue weighted by molar-refractivity contribution is -0.460. The second-order valence-corrected chi connectivity index (χ2v) is 8.35. The highest BCUT2D eigenvalue weighted by molar-refractivity contribution is 8.18. The Bertz CT molecular complexity index is 844. The maximum Gasteiger partial charge on any atom is 0.239 e. The minimum Gasteiger partial charge on any atom is -0.378 e. The SMILES string of the molecule is CN(C)c1ccc(C(=C2C=CC(=[N+](C)C)S2)c2ccc(N(C)C)cc2)cc1. The highest BCUT2D eigenvalue weighted by atomic mass is 32.2. The smallest absolute Gasteiger partial charge is 0.239 e. The Morgan fingerprint density at radius 1 is 0.704 bits per heavy atom. The summed E-state index contributed by atoms with van der Waals surface area (Å²) >= 11 is 1.83. The van der Waals surface area contributed by atoms with Crippen molar-refractivity contribution >= 4 is 33.8 Å². The van der Waals surface area contributed by atoms with Crippen LogP contribution in [0.15, 0.2) is 65.6 Å². The average molecular weight is 379 g/mol. The van der Waals surface area contributed by atoms with Gasteiger partial charge in [0.2, 0.25) is 5.04 Å². The quantitative estimate of drug-likeness (QED) is 0.723. The summed E-state index contributed by atoms with van der Waals surface area (Å²) in [6.45, 7) is 0. The van der Waals surface area contributed by atoms with E-state index in [0.717, 1.165) is 0 Å². The van der Waals surface area contributed by atoms with Crippen LogP contribution in [-0.4, -0.2) is 51.9 Å². The van der Waals surface area contributed by atoms with Crippen LogP contribution in [0.4, 0.5) is 11.4 Å². The number of nitrogens with zero attached hydrogens (tertiary/aromatic N) is 3. The van der Waals surface area contributed by atoms with Crippen LogP contribution in [0.1, 0.15) is 11.1 Å². The molecule has 3 nitrogen and oxygen atoms in total. The normalized spacial score (nSPS) is 13.1. The Kier molecular flexibility index (Phi) is 5.76. The van der Waals surface area contributed by atoms with Crippen molar-refractivity contribution in [3.63, 3.8) is 0 Å². The first-order chi connectivity index (χ1) is 12.9. The van der Waals surface area contributed by atoms with Gasteiger partial charge in [0.1, 0.15) is 14.1 Å². The maximum atomic E-state index is 2.23. The number of rotatable bonds is 4. The number of thioether (sulfide) groups is 1.